The molecule has 2 aliphatic heterocycles. The molecule has 2 saturated heterocycles. The van der Waals surface area contributed by atoms with Gasteiger partial charge in [-0.3, -0.25) is 14.9 Å². The van der Waals surface area contributed by atoms with Crippen molar-refractivity contribution in [2.45, 2.75) is 12.5 Å². The van der Waals surface area contributed by atoms with Crippen molar-refractivity contribution in [3.8, 4) is 11.5 Å². The molecule has 0 saturated carbocycles. The van der Waals surface area contributed by atoms with Crippen LogP contribution in [0.25, 0.3) is 6.08 Å². The van der Waals surface area contributed by atoms with Crippen molar-refractivity contribution in [2.24, 2.45) is 5.73 Å². The van der Waals surface area contributed by atoms with E-state index in [4.69, 9.17) is 15.2 Å². The van der Waals surface area contributed by atoms with Gasteiger partial charge in [-0.15, -0.1) is 0 Å². The number of nitrogens with one attached hydrogen (secondary N) is 1. The second-order valence-electron chi connectivity index (χ2n) is 5.61. The van der Waals surface area contributed by atoms with E-state index in [-0.39, 0.29) is 17.2 Å². The van der Waals surface area contributed by atoms with Gasteiger partial charge in [0.25, 0.3) is 11.1 Å². The quantitative estimate of drug-likeness (QED) is 0.797. The SMILES string of the molecule is COc1cc(/C=C2/SC(=O)NC2=O)c(N2CCC(N)C2)cc1OC. The number of imide groups is 1. The summed E-state index contributed by atoms with van der Waals surface area (Å²) in [5.74, 6) is 0.782. The number of nitrogens with two attached hydrogens (primary N) is 1. The lowest BCUT2D eigenvalue weighted by atomic mass is 10.1. The third kappa shape index (κ3) is 3.20. The van der Waals surface area contributed by atoms with Crippen molar-refractivity contribution >= 4 is 34.7 Å². The monoisotopic (exact) mass is 349 g/mol. The molecule has 2 fully saturated rings. The van der Waals surface area contributed by atoms with Crippen molar-refractivity contribution in [3.05, 3.63) is 22.6 Å². The van der Waals surface area contributed by atoms with E-state index in [0.717, 1.165) is 42.5 Å². The van der Waals surface area contributed by atoms with Crippen LogP contribution in [0.5, 0.6) is 11.5 Å². The van der Waals surface area contributed by atoms with Gasteiger partial charge >= 0.3 is 0 Å². The zero-order chi connectivity index (χ0) is 17.3. The summed E-state index contributed by atoms with van der Waals surface area (Å²) in [6.45, 7) is 1.55. The molecular formula is C16H19N3O4S. The van der Waals surface area contributed by atoms with E-state index in [2.05, 4.69) is 10.2 Å². The molecule has 1 aromatic carbocycles. The van der Waals surface area contributed by atoms with E-state index in [1.807, 2.05) is 12.1 Å². The molecule has 128 valence electrons. The van der Waals surface area contributed by atoms with Crippen molar-refractivity contribution in [2.75, 3.05) is 32.2 Å². The average Bonchev–Trinajstić information content (AvgIpc) is 3.12. The molecule has 1 atom stereocenters. The number of hydrogen-bond donors (Lipinski definition) is 2. The van der Waals surface area contributed by atoms with Gasteiger partial charge in [0.2, 0.25) is 0 Å². The van der Waals surface area contributed by atoms with Crippen LogP contribution in [0.1, 0.15) is 12.0 Å². The summed E-state index contributed by atoms with van der Waals surface area (Å²) in [6, 6.07) is 3.80. The highest BCUT2D eigenvalue weighted by atomic mass is 32.2. The number of nitrogens with zero attached hydrogens (tertiary/aromatic N) is 1. The molecule has 24 heavy (non-hydrogen) atoms. The zero-order valence-corrected chi connectivity index (χ0v) is 14.3. The summed E-state index contributed by atoms with van der Waals surface area (Å²) in [4.78, 5) is 25.7. The number of carbonyl (C=O) groups excluding carboxylic acids is 2. The maximum absolute atomic E-state index is 11.8. The van der Waals surface area contributed by atoms with Crippen molar-refractivity contribution in [3.63, 3.8) is 0 Å². The van der Waals surface area contributed by atoms with Gasteiger partial charge in [0, 0.05) is 36.4 Å². The Labute approximate surface area is 144 Å². The molecule has 3 rings (SSSR count). The number of hydrogen-bond acceptors (Lipinski definition) is 7. The fourth-order valence-corrected chi connectivity index (χ4v) is 3.51. The fraction of sp³-hybridized carbons (Fsp3) is 0.375. The molecule has 0 spiro atoms. The van der Waals surface area contributed by atoms with Crippen molar-refractivity contribution < 1.29 is 19.1 Å². The van der Waals surface area contributed by atoms with Gasteiger partial charge in [-0.25, -0.2) is 0 Å². The second kappa shape index (κ2) is 6.74. The Morgan fingerprint density at radius 2 is 2.00 bits per heavy atom. The molecule has 1 aromatic rings. The molecule has 2 heterocycles. The Morgan fingerprint density at radius 3 is 2.54 bits per heavy atom. The molecule has 2 aliphatic rings. The van der Waals surface area contributed by atoms with Crippen molar-refractivity contribution in [1.82, 2.24) is 5.32 Å². The van der Waals surface area contributed by atoms with Crippen LogP contribution in [0.4, 0.5) is 10.5 Å². The minimum atomic E-state index is -0.385. The number of carbonyl (C=O) groups is 2. The number of methoxy groups -OCH3 is 2. The van der Waals surface area contributed by atoms with Crippen LogP contribution in [0.15, 0.2) is 17.0 Å². The summed E-state index contributed by atoms with van der Waals surface area (Å²) < 4.78 is 10.7. The van der Waals surface area contributed by atoms with Gasteiger partial charge in [-0.2, -0.15) is 0 Å². The first-order valence-corrected chi connectivity index (χ1v) is 8.35. The van der Waals surface area contributed by atoms with E-state index in [1.165, 1.54) is 0 Å². The lowest BCUT2D eigenvalue weighted by molar-refractivity contribution is -0.115. The molecule has 8 heteroatoms. The molecule has 0 bridgehead atoms. The largest absolute Gasteiger partial charge is 0.493 e. The highest BCUT2D eigenvalue weighted by molar-refractivity contribution is 8.18. The zero-order valence-electron chi connectivity index (χ0n) is 13.5. The Balaban J connectivity index is 2.06. The summed E-state index contributed by atoms with van der Waals surface area (Å²) in [5, 5.41) is 1.90. The Hall–Kier alpha value is -2.19. The van der Waals surface area contributed by atoms with Gasteiger partial charge in [0.1, 0.15) is 0 Å². The molecule has 0 aromatic heterocycles. The topological polar surface area (TPSA) is 93.9 Å². The molecular weight excluding hydrogens is 330 g/mol. The van der Waals surface area contributed by atoms with Crippen LogP contribution in [0.3, 0.4) is 0 Å². The Kier molecular flexibility index (Phi) is 4.68. The smallest absolute Gasteiger partial charge is 0.290 e. The summed E-state index contributed by atoms with van der Waals surface area (Å²) in [7, 11) is 3.13. The van der Waals surface area contributed by atoms with Crippen LogP contribution in [-0.2, 0) is 4.79 Å². The Bertz CT molecular complexity index is 720. The van der Waals surface area contributed by atoms with E-state index < -0.39 is 0 Å². The van der Waals surface area contributed by atoms with Crippen molar-refractivity contribution in [1.29, 1.82) is 0 Å². The highest BCUT2D eigenvalue weighted by Crippen LogP contribution is 2.38. The molecule has 0 radical (unpaired) electrons. The van der Waals surface area contributed by atoms with Gasteiger partial charge in [-0.05, 0) is 30.3 Å². The highest BCUT2D eigenvalue weighted by Gasteiger charge is 2.27. The van der Waals surface area contributed by atoms with Crippen LogP contribution < -0.4 is 25.4 Å². The van der Waals surface area contributed by atoms with Crippen LogP contribution in [-0.4, -0.2) is 44.5 Å². The number of ether oxygens (including phenoxy) is 2. The van der Waals surface area contributed by atoms with Crippen LogP contribution in [0.2, 0.25) is 0 Å². The van der Waals surface area contributed by atoms with Crippen LogP contribution >= 0.6 is 11.8 Å². The third-order valence-corrected chi connectivity index (χ3v) is 4.84. The maximum Gasteiger partial charge on any atom is 0.290 e. The number of anilines is 1. The fourth-order valence-electron chi connectivity index (χ4n) is 2.84. The first-order valence-electron chi connectivity index (χ1n) is 7.53. The third-order valence-electron chi connectivity index (χ3n) is 4.03. The van der Waals surface area contributed by atoms with Gasteiger partial charge < -0.3 is 20.1 Å². The molecule has 3 N–H and O–H groups in total. The van der Waals surface area contributed by atoms with Gasteiger partial charge in [-0.1, -0.05) is 0 Å². The first kappa shape index (κ1) is 16.7. The minimum absolute atomic E-state index is 0.115. The lowest BCUT2D eigenvalue weighted by Gasteiger charge is -2.22. The maximum atomic E-state index is 11.8. The van der Waals surface area contributed by atoms with Crippen LogP contribution in [0, 0.1) is 0 Å². The first-order chi connectivity index (χ1) is 11.5. The van der Waals surface area contributed by atoms with Gasteiger partial charge in [0.15, 0.2) is 11.5 Å². The molecule has 1 unspecified atom stereocenters. The molecule has 7 nitrogen and oxygen atoms in total. The number of benzene rings is 1. The van der Waals surface area contributed by atoms with E-state index >= 15 is 0 Å². The molecule has 0 aliphatic carbocycles. The minimum Gasteiger partial charge on any atom is -0.493 e. The normalized spacial score (nSPS) is 22.2. The van der Waals surface area contributed by atoms with E-state index in [0.29, 0.717) is 16.4 Å². The number of thioether (sulfide) groups is 1. The second-order valence-corrected chi connectivity index (χ2v) is 6.63. The van der Waals surface area contributed by atoms with E-state index in [9.17, 15) is 9.59 Å². The summed E-state index contributed by atoms with van der Waals surface area (Å²) in [5.41, 5.74) is 7.71. The lowest BCUT2D eigenvalue weighted by Crippen LogP contribution is -2.26. The average molecular weight is 349 g/mol. The molecule has 2 amide bonds. The summed E-state index contributed by atoms with van der Waals surface area (Å²) in [6.07, 6.45) is 2.60. The van der Waals surface area contributed by atoms with Gasteiger partial charge in [0.05, 0.1) is 19.1 Å². The number of rotatable bonds is 4. The van der Waals surface area contributed by atoms with E-state index in [1.54, 1.807) is 20.3 Å². The predicted octanol–water partition coefficient (Wildman–Crippen LogP) is 1.57. The summed E-state index contributed by atoms with van der Waals surface area (Å²) >= 11 is 0.890. The number of amides is 2. The predicted molar refractivity (Wildman–Crippen MR) is 93.5 cm³/mol. The standard InChI is InChI=1S/C16H19N3O4S/c1-22-12-5-9(6-14-15(20)18-16(21)24-14)11(7-13(12)23-2)19-4-3-10(17)8-19/h5-7,10H,3-4,8,17H2,1-2H3,(H,18,20,21)/b14-6+. The Morgan fingerprint density at radius 1 is 1.29 bits per heavy atom.